The maximum atomic E-state index is 13.2. The molecule has 1 N–H and O–H groups in total. The molecule has 1 aliphatic rings. The summed E-state index contributed by atoms with van der Waals surface area (Å²) in [6.07, 6.45) is 0. The predicted octanol–water partition coefficient (Wildman–Crippen LogP) is 2.42. The van der Waals surface area contributed by atoms with Crippen molar-refractivity contribution in [1.29, 1.82) is 0 Å². The normalized spacial score (nSPS) is 16.0. The third kappa shape index (κ3) is 3.06. The van der Waals surface area contributed by atoms with Crippen molar-refractivity contribution < 1.29 is 17.6 Å². The van der Waals surface area contributed by atoms with Crippen molar-refractivity contribution in [3.63, 3.8) is 0 Å². The number of halogens is 1. The van der Waals surface area contributed by atoms with Gasteiger partial charge in [0.05, 0.1) is 22.9 Å². The molecule has 24 heavy (non-hydrogen) atoms. The number of sulfone groups is 1. The number of benzene rings is 1. The van der Waals surface area contributed by atoms with Gasteiger partial charge in [-0.2, -0.15) is 5.10 Å². The summed E-state index contributed by atoms with van der Waals surface area (Å²) in [5, 5.41) is 7.11. The average molecular weight is 351 g/mol. The number of carbonyl (C=O) groups excluding carboxylic acids is 1. The minimum Gasteiger partial charge on any atom is -0.310 e. The Balaban J connectivity index is 2.10. The molecule has 0 saturated heterocycles. The summed E-state index contributed by atoms with van der Waals surface area (Å²) < 4.78 is 38.3. The fourth-order valence-electron chi connectivity index (χ4n) is 2.44. The van der Waals surface area contributed by atoms with Crippen molar-refractivity contribution in [3.05, 3.63) is 41.3 Å². The van der Waals surface area contributed by atoms with Crippen molar-refractivity contribution in [2.45, 2.75) is 32.3 Å². The Morgan fingerprint density at radius 2 is 1.83 bits per heavy atom. The molecule has 2 aromatic rings. The van der Waals surface area contributed by atoms with Crippen molar-refractivity contribution in [2.75, 3.05) is 5.32 Å². The SMILES string of the molecule is CC(C)(C)C(=O)Nc1c2c(nn1-c1ccc(F)cc1)CS(=O)(=O)C2. The molecular formula is C16H18FN3O3S. The Morgan fingerprint density at radius 1 is 1.21 bits per heavy atom. The quantitative estimate of drug-likeness (QED) is 0.901. The number of nitrogens with zero attached hydrogens (tertiary/aromatic N) is 2. The van der Waals surface area contributed by atoms with Crippen LogP contribution >= 0.6 is 0 Å². The largest absolute Gasteiger partial charge is 0.310 e. The number of rotatable bonds is 2. The molecule has 1 aliphatic heterocycles. The number of fused-ring (bicyclic) bond motifs is 1. The lowest BCUT2D eigenvalue weighted by atomic mass is 9.96. The molecular weight excluding hydrogens is 333 g/mol. The first-order chi connectivity index (χ1) is 11.1. The number of carbonyl (C=O) groups is 1. The number of hydrogen-bond donors (Lipinski definition) is 1. The zero-order valence-electron chi connectivity index (χ0n) is 13.6. The van der Waals surface area contributed by atoms with Crippen LogP contribution in [-0.2, 0) is 26.1 Å². The van der Waals surface area contributed by atoms with Crippen molar-refractivity contribution in [1.82, 2.24) is 9.78 Å². The van der Waals surface area contributed by atoms with Gasteiger partial charge in [0.1, 0.15) is 11.6 Å². The number of anilines is 1. The van der Waals surface area contributed by atoms with E-state index in [-0.39, 0.29) is 23.2 Å². The van der Waals surface area contributed by atoms with E-state index in [2.05, 4.69) is 10.4 Å². The van der Waals surface area contributed by atoms with Crippen molar-refractivity contribution >= 4 is 21.6 Å². The molecule has 1 amide bonds. The van der Waals surface area contributed by atoms with Crippen LogP contribution in [-0.4, -0.2) is 24.1 Å². The van der Waals surface area contributed by atoms with Crippen LogP contribution in [0.15, 0.2) is 24.3 Å². The van der Waals surface area contributed by atoms with Crippen LogP contribution in [0.2, 0.25) is 0 Å². The van der Waals surface area contributed by atoms with Gasteiger partial charge in [0.2, 0.25) is 5.91 Å². The molecule has 0 bridgehead atoms. The molecule has 0 fully saturated rings. The summed E-state index contributed by atoms with van der Waals surface area (Å²) in [4.78, 5) is 12.4. The van der Waals surface area contributed by atoms with Gasteiger partial charge in [-0.3, -0.25) is 4.79 Å². The lowest BCUT2D eigenvalue weighted by molar-refractivity contribution is -0.123. The highest BCUT2D eigenvalue weighted by atomic mass is 32.2. The van der Waals surface area contributed by atoms with Crippen LogP contribution in [0.3, 0.4) is 0 Å². The van der Waals surface area contributed by atoms with Gasteiger partial charge in [-0.25, -0.2) is 17.5 Å². The van der Waals surface area contributed by atoms with Crippen LogP contribution < -0.4 is 5.32 Å². The van der Waals surface area contributed by atoms with E-state index in [0.29, 0.717) is 22.8 Å². The van der Waals surface area contributed by atoms with E-state index in [0.717, 1.165) is 0 Å². The summed E-state index contributed by atoms with van der Waals surface area (Å²) in [6, 6.07) is 5.62. The second kappa shape index (κ2) is 5.41. The van der Waals surface area contributed by atoms with Gasteiger partial charge in [0.15, 0.2) is 9.84 Å². The third-order valence-corrected chi connectivity index (χ3v) is 5.21. The second-order valence-corrected chi connectivity index (χ2v) is 8.96. The summed E-state index contributed by atoms with van der Waals surface area (Å²) >= 11 is 0. The zero-order chi connectivity index (χ0) is 17.7. The fourth-order valence-corrected chi connectivity index (χ4v) is 3.93. The number of hydrogen-bond acceptors (Lipinski definition) is 4. The van der Waals surface area contributed by atoms with E-state index in [4.69, 9.17) is 0 Å². The number of amides is 1. The van der Waals surface area contributed by atoms with Gasteiger partial charge in [0, 0.05) is 11.0 Å². The third-order valence-electron chi connectivity index (χ3n) is 3.77. The molecule has 8 heteroatoms. The highest BCUT2D eigenvalue weighted by Crippen LogP contribution is 2.33. The van der Waals surface area contributed by atoms with Gasteiger partial charge >= 0.3 is 0 Å². The summed E-state index contributed by atoms with van der Waals surface area (Å²) in [6.45, 7) is 5.29. The highest BCUT2D eigenvalue weighted by Gasteiger charge is 2.34. The van der Waals surface area contributed by atoms with Crippen LogP contribution in [0.25, 0.3) is 5.69 Å². The Labute approximate surface area is 139 Å². The molecule has 0 radical (unpaired) electrons. The molecule has 0 saturated carbocycles. The maximum absolute atomic E-state index is 13.2. The van der Waals surface area contributed by atoms with E-state index in [1.807, 2.05) is 0 Å². The number of nitrogens with one attached hydrogen (secondary N) is 1. The molecule has 128 valence electrons. The first-order valence-corrected chi connectivity index (χ1v) is 9.27. The fraction of sp³-hybridized carbons (Fsp3) is 0.375. The standard InChI is InChI=1S/C16H18FN3O3S/c1-16(2,3)15(21)18-14-12-8-24(22,23)9-13(12)19-20(14)11-6-4-10(17)5-7-11/h4-7H,8-9H2,1-3H3,(H,18,21). The first kappa shape index (κ1) is 16.6. The van der Waals surface area contributed by atoms with Gasteiger partial charge in [-0.05, 0) is 24.3 Å². The lowest BCUT2D eigenvalue weighted by Crippen LogP contribution is -2.29. The van der Waals surface area contributed by atoms with Gasteiger partial charge in [0.25, 0.3) is 0 Å². The molecule has 1 aromatic heterocycles. The second-order valence-electron chi connectivity index (χ2n) is 6.90. The first-order valence-electron chi connectivity index (χ1n) is 7.45. The topological polar surface area (TPSA) is 81.1 Å². The Kier molecular flexibility index (Phi) is 3.75. The van der Waals surface area contributed by atoms with E-state index in [1.165, 1.54) is 28.9 Å². The molecule has 0 aliphatic carbocycles. The number of aromatic nitrogens is 2. The van der Waals surface area contributed by atoms with Gasteiger partial charge in [-0.1, -0.05) is 20.8 Å². The Bertz CT molecular complexity index is 909. The lowest BCUT2D eigenvalue weighted by Gasteiger charge is -2.19. The molecule has 2 heterocycles. The van der Waals surface area contributed by atoms with Crippen LogP contribution in [0.5, 0.6) is 0 Å². The van der Waals surface area contributed by atoms with E-state index < -0.39 is 15.3 Å². The zero-order valence-corrected chi connectivity index (χ0v) is 14.4. The van der Waals surface area contributed by atoms with E-state index in [1.54, 1.807) is 20.8 Å². The van der Waals surface area contributed by atoms with Crippen LogP contribution in [0.1, 0.15) is 32.0 Å². The molecule has 0 atom stereocenters. The van der Waals surface area contributed by atoms with E-state index >= 15 is 0 Å². The van der Waals surface area contributed by atoms with Crippen LogP contribution in [0.4, 0.5) is 10.2 Å². The minimum absolute atomic E-state index is 0.158. The van der Waals surface area contributed by atoms with Gasteiger partial charge < -0.3 is 5.32 Å². The molecule has 3 rings (SSSR count). The summed E-state index contributed by atoms with van der Waals surface area (Å²) in [7, 11) is -3.25. The predicted molar refractivity (Wildman–Crippen MR) is 87.9 cm³/mol. The van der Waals surface area contributed by atoms with E-state index in [9.17, 15) is 17.6 Å². The maximum Gasteiger partial charge on any atom is 0.230 e. The summed E-state index contributed by atoms with van der Waals surface area (Å²) in [5.41, 5.74) is 0.815. The minimum atomic E-state index is -3.25. The molecule has 1 aromatic carbocycles. The monoisotopic (exact) mass is 351 g/mol. The molecule has 0 spiro atoms. The van der Waals surface area contributed by atoms with Gasteiger partial charge in [-0.15, -0.1) is 0 Å². The summed E-state index contributed by atoms with van der Waals surface area (Å²) in [5.74, 6) is -0.630. The molecule has 0 unspecified atom stereocenters. The van der Waals surface area contributed by atoms with Crippen molar-refractivity contribution in [3.8, 4) is 5.69 Å². The van der Waals surface area contributed by atoms with Crippen LogP contribution in [0, 0.1) is 11.2 Å². The molecule has 6 nitrogen and oxygen atoms in total. The Morgan fingerprint density at radius 3 is 2.42 bits per heavy atom. The smallest absolute Gasteiger partial charge is 0.230 e. The van der Waals surface area contributed by atoms with Crippen molar-refractivity contribution in [2.24, 2.45) is 5.41 Å². The average Bonchev–Trinajstić information content (AvgIpc) is 2.92. The Hall–Kier alpha value is -2.22. The highest BCUT2D eigenvalue weighted by molar-refractivity contribution is 7.90.